The maximum atomic E-state index is 13.7. The van der Waals surface area contributed by atoms with Crippen molar-refractivity contribution in [3.05, 3.63) is 121 Å². The first-order valence-corrected chi connectivity index (χ1v) is 17.6. The lowest BCUT2D eigenvalue weighted by molar-refractivity contribution is -0.152. The van der Waals surface area contributed by atoms with Gasteiger partial charge in [0.25, 0.3) is 0 Å². The fourth-order valence-corrected chi connectivity index (χ4v) is 6.94. The Labute approximate surface area is 299 Å². The van der Waals surface area contributed by atoms with Crippen molar-refractivity contribution >= 4 is 23.9 Å². The van der Waals surface area contributed by atoms with E-state index >= 15 is 0 Å². The fourth-order valence-electron chi connectivity index (χ4n) is 6.94. The van der Waals surface area contributed by atoms with Crippen LogP contribution in [0.1, 0.15) is 67.2 Å². The Morgan fingerprint density at radius 1 is 0.922 bits per heavy atom. The largest absolute Gasteiger partial charge is 0.454 e. The van der Waals surface area contributed by atoms with Gasteiger partial charge >= 0.3 is 12.1 Å². The number of amides is 3. The van der Waals surface area contributed by atoms with Gasteiger partial charge in [0.05, 0.1) is 25.1 Å². The van der Waals surface area contributed by atoms with Crippen molar-refractivity contribution in [3.63, 3.8) is 0 Å². The van der Waals surface area contributed by atoms with Crippen LogP contribution in [-0.4, -0.2) is 72.3 Å². The molecule has 2 aliphatic rings. The Hall–Kier alpha value is -5.22. The zero-order valence-electron chi connectivity index (χ0n) is 28.9. The van der Waals surface area contributed by atoms with Crippen molar-refractivity contribution in [1.29, 1.82) is 0 Å². The van der Waals surface area contributed by atoms with Crippen LogP contribution < -0.4 is 10.6 Å². The Morgan fingerprint density at radius 3 is 2.24 bits per heavy atom. The molecule has 0 bridgehead atoms. The number of hydrogen-bond acceptors (Lipinski definition) is 7. The Kier molecular flexibility index (Phi) is 13.2. The SMILES string of the molecule is C=CCC[C@H](NC(=O)OCC1c2ccccc2-c2ccccc21)C(=O)O[C@@H](CNC(=O)[C@H](CC=C)CC(=O)N1CCC[C@H]1CO)c1ccccc1. The normalized spacial score (nSPS) is 16.6. The van der Waals surface area contributed by atoms with Crippen LogP contribution in [0.3, 0.4) is 0 Å². The number of nitrogens with zero attached hydrogens (tertiary/aromatic N) is 1. The number of esters is 1. The van der Waals surface area contributed by atoms with Crippen LogP contribution in [0.5, 0.6) is 0 Å². The summed E-state index contributed by atoms with van der Waals surface area (Å²) in [7, 11) is 0. The molecule has 51 heavy (non-hydrogen) atoms. The van der Waals surface area contributed by atoms with Crippen molar-refractivity contribution in [2.45, 2.75) is 62.6 Å². The van der Waals surface area contributed by atoms with Crippen LogP contribution in [0.4, 0.5) is 4.79 Å². The van der Waals surface area contributed by atoms with Gasteiger partial charge in [0, 0.05) is 18.9 Å². The zero-order valence-corrected chi connectivity index (χ0v) is 28.9. The smallest absolute Gasteiger partial charge is 0.407 e. The highest BCUT2D eigenvalue weighted by Crippen LogP contribution is 2.44. The molecule has 0 saturated carbocycles. The number of aliphatic hydroxyl groups is 1. The third-order valence-electron chi connectivity index (χ3n) is 9.62. The minimum atomic E-state index is -1.04. The molecule has 0 unspecified atom stereocenters. The Bertz CT molecular complexity index is 1650. The average Bonchev–Trinajstić information content (AvgIpc) is 3.77. The van der Waals surface area contributed by atoms with Crippen LogP contribution in [0.2, 0.25) is 0 Å². The van der Waals surface area contributed by atoms with Crippen LogP contribution in [-0.2, 0) is 23.9 Å². The molecule has 3 aromatic rings. The lowest BCUT2D eigenvalue weighted by atomic mass is 9.98. The molecule has 0 spiro atoms. The standard InChI is InChI=1S/C41H47N3O7/c1-3-5-22-36(43-41(49)50-27-35-33-20-11-9-18-31(33)32-19-10-12-21-34(32)35)40(48)51-37(28-15-7-6-8-16-28)25-42-39(47)29(14-4-2)24-38(46)44-23-13-17-30(44)26-45/h3-4,6-12,15-16,18-21,29-30,35-37,45H,1-2,5,13-14,17,22-27H2,(H,42,47)(H,43,49)/t29-,30+,36+,37+/m1/s1. The van der Waals surface area contributed by atoms with Gasteiger partial charge in [0.2, 0.25) is 11.8 Å². The Morgan fingerprint density at radius 2 is 1.59 bits per heavy atom. The summed E-state index contributed by atoms with van der Waals surface area (Å²) in [6.45, 7) is 7.99. The molecule has 1 saturated heterocycles. The van der Waals surface area contributed by atoms with E-state index in [4.69, 9.17) is 9.47 Å². The van der Waals surface area contributed by atoms with Crippen LogP contribution in [0, 0.1) is 5.92 Å². The number of carbonyl (C=O) groups excluding carboxylic acids is 4. The van der Waals surface area contributed by atoms with Gasteiger partial charge in [-0.2, -0.15) is 0 Å². The minimum absolute atomic E-state index is 0.0299. The Balaban J connectivity index is 1.22. The molecule has 10 nitrogen and oxygen atoms in total. The summed E-state index contributed by atoms with van der Waals surface area (Å²) in [5.74, 6) is -2.07. The topological polar surface area (TPSA) is 134 Å². The minimum Gasteiger partial charge on any atom is -0.454 e. The molecule has 1 aliphatic carbocycles. The molecule has 5 rings (SSSR count). The molecule has 1 fully saturated rings. The van der Waals surface area contributed by atoms with E-state index in [2.05, 4.69) is 35.9 Å². The molecule has 3 amide bonds. The monoisotopic (exact) mass is 693 g/mol. The first-order chi connectivity index (χ1) is 24.8. The second kappa shape index (κ2) is 18.1. The van der Waals surface area contributed by atoms with E-state index < -0.39 is 30.1 Å². The molecule has 1 heterocycles. The van der Waals surface area contributed by atoms with E-state index in [-0.39, 0.29) is 62.8 Å². The number of aliphatic hydroxyl groups excluding tert-OH is 1. The number of alkyl carbamates (subject to hydrolysis) is 1. The summed E-state index contributed by atoms with van der Waals surface area (Å²) >= 11 is 0. The van der Waals surface area contributed by atoms with E-state index in [0.29, 0.717) is 18.5 Å². The second-order valence-electron chi connectivity index (χ2n) is 13.0. The van der Waals surface area contributed by atoms with E-state index in [1.807, 2.05) is 42.5 Å². The summed E-state index contributed by atoms with van der Waals surface area (Å²) in [5, 5.41) is 15.2. The van der Waals surface area contributed by atoms with Crippen LogP contribution >= 0.6 is 0 Å². The number of carbonyl (C=O) groups is 4. The van der Waals surface area contributed by atoms with Gasteiger partial charge < -0.3 is 30.1 Å². The molecule has 0 aromatic heterocycles. The van der Waals surface area contributed by atoms with Gasteiger partial charge in [0.1, 0.15) is 18.8 Å². The molecular weight excluding hydrogens is 646 g/mol. The molecule has 3 aromatic carbocycles. The summed E-state index contributed by atoms with van der Waals surface area (Å²) < 4.78 is 11.7. The van der Waals surface area contributed by atoms with Gasteiger partial charge in [-0.05, 0) is 59.9 Å². The third-order valence-corrected chi connectivity index (χ3v) is 9.62. The number of benzene rings is 3. The first kappa shape index (κ1) is 37.0. The van der Waals surface area contributed by atoms with E-state index in [9.17, 15) is 24.3 Å². The highest BCUT2D eigenvalue weighted by atomic mass is 16.6. The van der Waals surface area contributed by atoms with Gasteiger partial charge in [-0.25, -0.2) is 9.59 Å². The lowest BCUT2D eigenvalue weighted by Crippen LogP contribution is -2.44. The van der Waals surface area contributed by atoms with E-state index in [1.165, 1.54) is 0 Å². The van der Waals surface area contributed by atoms with Crippen molar-refractivity contribution in [2.75, 3.05) is 26.3 Å². The predicted octanol–water partition coefficient (Wildman–Crippen LogP) is 5.83. The average molecular weight is 694 g/mol. The van der Waals surface area contributed by atoms with Gasteiger partial charge in [-0.3, -0.25) is 9.59 Å². The maximum Gasteiger partial charge on any atom is 0.407 e. The zero-order chi connectivity index (χ0) is 36.2. The number of allylic oxidation sites excluding steroid dienone is 2. The van der Waals surface area contributed by atoms with Gasteiger partial charge in [-0.15, -0.1) is 13.2 Å². The predicted molar refractivity (Wildman–Crippen MR) is 194 cm³/mol. The van der Waals surface area contributed by atoms with Crippen LogP contribution in [0.15, 0.2) is 104 Å². The van der Waals surface area contributed by atoms with Crippen molar-refractivity contribution < 1.29 is 33.8 Å². The number of nitrogens with one attached hydrogen (secondary N) is 2. The lowest BCUT2D eigenvalue weighted by Gasteiger charge is -2.26. The summed E-state index contributed by atoms with van der Waals surface area (Å²) in [6.07, 6.45) is 4.08. The van der Waals surface area contributed by atoms with E-state index in [1.54, 1.807) is 41.3 Å². The quantitative estimate of drug-likeness (QED) is 0.120. The molecule has 0 radical (unpaired) electrons. The van der Waals surface area contributed by atoms with Crippen molar-refractivity contribution in [3.8, 4) is 11.1 Å². The van der Waals surface area contributed by atoms with E-state index in [0.717, 1.165) is 35.1 Å². The highest BCUT2D eigenvalue weighted by Gasteiger charge is 2.33. The van der Waals surface area contributed by atoms with Gasteiger partial charge in [-0.1, -0.05) is 91.0 Å². The van der Waals surface area contributed by atoms with Crippen molar-refractivity contribution in [1.82, 2.24) is 15.5 Å². The molecule has 3 N–H and O–H groups in total. The number of fused-ring (bicyclic) bond motifs is 3. The number of hydrogen-bond donors (Lipinski definition) is 3. The third kappa shape index (κ3) is 9.32. The highest BCUT2D eigenvalue weighted by molar-refractivity contribution is 5.86. The molecule has 268 valence electrons. The fraction of sp³-hybridized carbons (Fsp3) is 0.366. The van der Waals surface area contributed by atoms with Crippen LogP contribution in [0.25, 0.3) is 11.1 Å². The number of rotatable bonds is 17. The summed E-state index contributed by atoms with van der Waals surface area (Å²) in [4.78, 5) is 54.9. The molecule has 1 aliphatic heterocycles. The maximum absolute atomic E-state index is 13.7. The summed E-state index contributed by atoms with van der Waals surface area (Å²) in [6, 6.07) is 23.8. The second-order valence-corrected chi connectivity index (χ2v) is 13.0. The van der Waals surface area contributed by atoms with Crippen molar-refractivity contribution in [2.24, 2.45) is 5.92 Å². The first-order valence-electron chi connectivity index (χ1n) is 17.6. The molecule has 10 heteroatoms. The summed E-state index contributed by atoms with van der Waals surface area (Å²) in [5.41, 5.74) is 5.02. The molecule has 4 atom stereocenters. The number of likely N-dealkylation sites (tertiary alicyclic amines) is 1. The number of ether oxygens (including phenoxy) is 2. The molecular formula is C41H47N3O7. The van der Waals surface area contributed by atoms with Gasteiger partial charge in [0.15, 0.2) is 0 Å².